The molecule has 1 aliphatic heterocycles. The fraction of sp³-hybridized carbons (Fsp3) is 0.350. The van der Waals surface area contributed by atoms with Gasteiger partial charge in [-0.05, 0) is 48.6 Å². The zero-order valence-corrected chi connectivity index (χ0v) is 16.3. The number of halogens is 1. The number of hydrogen-bond acceptors (Lipinski definition) is 2. The van der Waals surface area contributed by atoms with E-state index in [1.807, 2.05) is 30.3 Å². The van der Waals surface area contributed by atoms with Gasteiger partial charge in [0.1, 0.15) is 17.3 Å². The van der Waals surface area contributed by atoms with Gasteiger partial charge in [0, 0.05) is 17.6 Å². The van der Waals surface area contributed by atoms with Crippen LogP contribution in [0, 0.1) is 5.92 Å². The maximum Gasteiger partial charge on any atom is 0.130 e. The first-order valence-corrected chi connectivity index (χ1v) is 9.59. The molecule has 1 fully saturated rings. The summed E-state index contributed by atoms with van der Waals surface area (Å²) in [6.45, 7) is 4.95. The summed E-state index contributed by atoms with van der Waals surface area (Å²) in [6.07, 6.45) is 2.42. The quantitative estimate of drug-likeness (QED) is 0.630. The Hall–Kier alpha value is -1.39. The first-order chi connectivity index (χ1) is 11.6. The second-order valence-corrected chi connectivity index (χ2v) is 7.69. The van der Waals surface area contributed by atoms with Crippen LogP contribution in [-0.2, 0) is 6.61 Å². The standard InChI is InChI=1S/C20H22BrNOS/c1-15-10-12-22(13-11-15)20(24)18-4-2-3-5-19(18)23-14-16-6-8-17(21)9-7-16/h2-9,15H,10-14H2,1H3. The molecule has 0 spiro atoms. The molecular formula is C20H22BrNOS. The minimum absolute atomic E-state index is 0.546. The number of rotatable bonds is 4. The summed E-state index contributed by atoms with van der Waals surface area (Å²) in [6, 6.07) is 16.3. The van der Waals surface area contributed by atoms with Crippen molar-refractivity contribution in [3.05, 3.63) is 64.1 Å². The van der Waals surface area contributed by atoms with Crippen molar-refractivity contribution < 1.29 is 4.74 Å². The lowest BCUT2D eigenvalue weighted by molar-refractivity contribution is 0.281. The molecule has 126 valence electrons. The maximum atomic E-state index is 6.07. The molecule has 3 rings (SSSR count). The topological polar surface area (TPSA) is 12.5 Å². The molecular weight excluding hydrogens is 382 g/mol. The molecule has 0 amide bonds. The van der Waals surface area contributed by atoms with Gasteiger partial charge in [0.25, 0.3) is 0 Å². The number of ether oxygens (including phenoxy) is 1. The van der Waals surface area contributed by atoms with Crippen LogP contribution in [0.4, 0.5) is 0 Å². The van der Waals surface area contributed by atoms with Crippen molar-refractivity contribution in [1.82, 2.24) is 4.90 Å². The van der Waals surface area contributed by atoms with Gasteiger partial charge in [-0.15, -0.1) is 0 Å². The van der Waals surface area contributed by atoms with E-state index in [1.54, 1.807) is 0 Å². The Morgan fingerprint density at radius 3 is 2.50 bits per heavy atom. The molecule has 0 unspecified atom stereocenters. The summed E-state index contributed by atoms with van der Waals surface area (Å²) in [5.74, 6) is 1.66. The molecule has 24 heavy (non-hydrogen) atoms. The van der Waals surface area contributed by atoms with E-state index in [0.29, 0.717) is 6.61 Å². The van der Waals surface area contributed by atoms with Crippen LogP contribution >= 0.6 is 28.1 Å². The van der Waals surface area contributed by atoms with E-state index < -0.39 is 0 Å². The van der Waals surface area contributed by atoms with Crippen LogP contribution in [0.3, 0.4) is 0 Å². The number of hydrogen-bond donors (Lipinski definition) is 0. The summed E-state index contributed by atoms with van der Waals surface area (Å²) in [5.41, 5.74) is 2.17. The van der Waals surface area contributed by atoms with Crippen LogP contribution in [-0.4, -0.2) is 23.0 Å². The Balaban J connectivity index is 1.70. The Morgan fingerprint density at radius 2 is 1.79 bits per heavy atom. The van der Waals surface area contributed by atoms with E-state index in [1.165, 1.54) is 12.8 Å². The van der Waals surface area contributed by atoms with Gasteiger partial charge in [-0.1, -0.05) is 59.3 Å². The van der Waals surface area contributed by atoms with Crippen molar-refractivity contribution >= 4 is 33.1 Å². The first kappa shape index (κ1) is 17.4. The van der Waals surface area contributed by atoms with Crippen LogP contribution in [0.2, 0.25) is 0 Å². The molecule has 2 aromatic rings. The van der Waals surface area contributed by atoms with Crippen LogP contribution in [0.15, 0.2) is 53.0 Å². The molecule has 0 atom stereocenters. The highest BCUT2D eigenvalue weighted by Crippen LogP contribution is 2.25. The van der Waals surface area contributed by atoms with Crippen LogP contribution in [0.5, 0.6) is 5.75 Å². The number of piperidine rings is 1. The fourth-order valence-electron chi connectivity index (χ4n) is 2.89. The number of benzene rings is 2. The molecule has 2 aromatic carbocycles. The number of thiocarbonyl (C=S) groups is 1. The minimum Gasteiger partial charge on any atom is -0.488 e. The van der Waals surface area contributed by atoms with E-state index in [-0.39, 0.29) is 0 Å². The Bertz CT molecular complexity index is 693. The SMILES string of the molecule is CC1CCN(C(=S)c2ccccc2OCc2ccc(Br)cc2)CC1. The second kappa shape index (κ2) is 8.13. The van der Waals surface area contributed by atoms with Crippen molar-refractivity contribution in [2.45, 2.75) is 26.4 Å². The maximum absolute atomic E-state index is 6.07. The monoisotopic (exact) mass is 403 g/mol. The molecule has 1 heterocycles. The van der Waals surface area contributed by atoms with E-state index in [4.69, 9.17) is 17.0 Å². The fourth-order valence-corrected chi connectivity index (χ4v) is 3.51. The summed E-state index contributed by atoms with van der Waals surface area (Å²) in [5, 5.41) is 0. The number of likely N-dealkylation sites (tertiary alicyclic amines) is 1. The van der Waals surface area contributed by atoms with Gasteiger partial charge in [-0.2, -0.15) is 0 Å². The normalized spacial score (nSPS) is 15.3. The predicted octanol–water partition coefficient (Wildman–Crippen LogP) is 5.44. The van der Waals surface area contributed by atoms with Gasteiger partial charge in [0.2, 0.25) is 0 Å². The van der Waals surface area contributed by atoms with Crippen molar-refractivity contribution in [3.8, 4) is 5.75 Å². The van der Waals surface area contributed by atoms with E-state index in [2.05, 4.69) is 46.0 Å². The second-order valence-electron chi connectivity index (χ2n) is 6.39. The van der Waals surface area contributed by atoms with Crippen molar-refractivity contribution in [2.24, 2.45) is 5.92 Å². The lowest BCUT2D eigenvalue weighted by Crippen LogP contribution is -2.37. The molecule has 0 aliphatic carbocycles. The minimum atomic E-state index is 0.546. The molecule has 0 saturated carbocycles. The Labute approximate surface area is 158 Å². The van der Waals surface area contributed by atoms with E-state index in [9.17, 15) is 0 Å². The molecule has 1 saturated heterocycles. The van der Waals surface area contributed by atoms with Gasteiger partial charge >= 0.3 is 0 Å². The summed E-state index contributed by atoms with van der Waals surface area (Å²) in [4.78, 5) is 3.23. The van der Waals surface area contributed by atoms with Crippen molar-refractivity contribution in [3.63, 3.8) is 0 Å². The van der Waals surface area contributed by atoms with Crippen LogP contribution < -0.4 is 4.74 Å². The third-order valence-corrected chi connectivity index (χ3v) is 5.50. The van der Waals surface area contributed by atoms with E-state index >= 15 is 0 Å². The average molecular weight is 404 g/mol. The number of nitrogens with zero attached hydrogens (tertiary/aromatic N) is 1. The van der Waals surface area contributed by atoms with Crippen LogP contribution in [0.1, 0.15) is 30.9 Å². The molecule has 2 nitrogen and oxygen atoms in total. The molecule has 0 aromatic heterocycles. The van der Waals surface area contributed by atoms with Crippen LogP contribution in [0.25, 0.3) is 0 Å². The van der Waals surface area contributed by atoms with Gasteiger partial charge in [0.05, 0.1) is 5.56 Å². The van der Waals surface area contributed by atoms with Gasteiger partial charge in [0.15, 0.2) is 0 Å². The third-order valence-electron chi connectivity index (χ3n) is 4.50. The van der Waals surface area contributed by atoms with Crippen molar-refractivity contribution in [1.29, 1.82) is 0 Å². The van der Waals surface area contributed by atoms with Gasteiger partial charge in [-0.3, -0.25) is 0 Å². The molecule has 0 radical (unpaired) electrons. The van der Waals surface area contributed by atoms with Gasteiger partial charge in [-0.25, -0.2) is 0 Å². The lowest BCUT2D eigenvalue weighted by atomic mass is 9.99. The molecule has 1 aliphatic rings. The van der Waals surface area contributed by atoms with Gasteiger partial charge < -0.3 is 9.64 Å². The predicted molar refractivity (Wildman–Crippen MR) is 107 cm³/mol. The Morgan fingerprint density at radius 1 is 1.12 bits per heavy atom. The first-order valence-electron chi connectivity index (χ1n) is 8.39. The summed E-state index contributed by atoms with van der Waals surface area (Å²) < 4.78 is 7.14. The highest BCUT2D eigenvalue weighted by Gasteiger charge is 2.20. The summed E-state index contributed by atoms with van der Waals surface area (Å²) >= 11 is 9.21. The largest absolute Gasteiger partial charge is 0.488 e. The van der Waals surface area contributed by atoms with Crippen molar-refractivity contribution in [2.75, 3.05) is 13.1 Å². The molecule has 0 bridgehead atoms. The third kappa shape index (κ3) is 4.37. The van der Waals surface area contributed by atoms with E-state index in [0.717, 1.165) is 45.3 Å². The highest BCUT2D eigenvalue weighted by molar-refractivity contribution is 9.10. The lowest BCUT2D eigenvalue weighted by Gasteiger charge is -2.32. The zero-order valence-electron chi connectivity index (χ0n) is 13.9. The smallest absolute Gasteiger partial charge is 0.130 e. The average Bonchev–Trinajstić information content (AvgIpc) is 2.61. The molecule has 4 heteroatoms. The highest BCUT2D eigenvalue weighted by atomic mass is 79.9. The zero-order chi connectivity index (χ0) is 16.9. The summed E-state index contributed by atoms with van der Waals surface area (Å²) in [7, 11) is 0. The number of para-hydroxylation sites is 1. The molecule has 0 N–H and O–H groups in total. The Kier molecular flexibility index (Phi) is 5.90.